The molecule has 6 rings (SSSR count). The standard InChI is InChI=1S/C32H32N2O2/c1-19(2)35-27-17-15-25-29(21-11-7-9-13-23(21)33(25)5)31(27)32-28(36-20(3)4)18-16-26-30(32)22-12-8-10-14-24(22)34(26)6/h7-20H,1-6H3. The summed E-state index contributed by atoms with van der Waals surface area (Å²) in [5.41, 5.74) is 6.94. The van der Waals surface area contributed by atoms with Gasteiger partial charge in [0.05, 0.1) is 12.2 Å². The van der Waals surface area contributed by atoms with Crippen LogP contribution in [0.3, 0.4) is 0 Å². The van der Waals surface area contributed by atoms with E-state index in [1.54, 1.807) is 0 Å². The van der Waals surface area contributed by atoms with E-state index in [9.17, 15) is 0 Å². The highest BCUT2D eigenvalue weighted by molar-refractivity contribution is 6.23. The van der Waals surface area contributed by atoms with Crippen LogP contribution in [0, 0.1) is 0 Å². The van der Waals surface area contributed by atoms with Gasteiger partial charge in [-0.2, -0.15) is 0 Å². The second-order valence-corrected chi connectivity index (χ2v) is 10.2. The minimum absolute atomic E-state index is 0.0392. The molecule has 4 heteroatoms. The molecule has 0 aliphatic rings. The quantitative estimate of drug-likeness (QED) is 0.251. The van der Waals surface area contributed by atoms with Gasteiger partial charge in [0.2, 0.25) is 0 Å². The van der Waals surface area contributed by atoms with Crippen molar-refractivity contribution in [3.8, 4) is 22.6 Å². The highest BCUT2D eigenvalue weighted by atomic mass is 16.5. The van der Waals surface area contributed by atoms with Gasteiger partial charge < -0.3 is 18.6 Å². The third-order valence-corrected chi connectivity index (χ3v) is 7.06. The number of aryl methyl sites for hydroxylation is 2. The lowest BCUT2D eigenvalue weighted by molar-refractivity contribution is 0.240. The zero-order valence-electron chi connectivity index (χ0n) is 21.8. The fraction of sp³-hybridized carbons (Fsp3) is 0.250. The molecule has 0 bridgehead atoms. The predicted octanol–water partition coefficient (Wildman–Crippen LogP) is 8.22. The van der Waals surface area contributed by atoms with Crippen LogP contribution in [0.15, 0.2) is 72.8 Å². The van der Waals surface area contributed by atoms with Crippen LogP contribution in [0.2, 0.25) is 0 Å². The number of hydrogen-bond acceptors (Lipinski definition) is 2. The summed E-state index contributed by atoms with van der Waals surface area (Å²) in [4.78, 5) is 0. The summed E-state index contributed by atoms with van der Waals surface area (Å²) in [6.45, 7) is 8.34. The predicted molar refractivity (Wildman–Crippen MR) is 151 cm³/mol. The van der Waals surface area contributed by atoms with Crippen LogP contribution in [0.25, 0.3) is 54.7 Å². The number of para-hydroxylation sites is 2. The van der Waals surface area contributed by atoms with E-state index >= 15 is 0 Å². The van der Waals surface area contributed by atoms with E-state index in [1.165, 1.54) is 43.6 Å². The van der Waals surface area contributed by atoms with E-state index in [-0.39, 0.29) is 12.2 Å². The number of ether oxygens (including phenoxy) is 2. The molecule has 0 aliphatic carbocycles. The van der Waals surface area contributed by atoms with Gasteiger partial charge >= 0.3 is 0 Å². The Morgan fingerprint density at radius 3 is 1.28 bits per heavy atom. The molecule has 0 saturated heterocycles. The number of fused-ring (bicyclic) bond motifs is 6. The molecule has 0 N–H and O–H groups in total. The SMILES string of the molecule is CC(C)Oc1ccc2c(c1-c1c(OC(C)C)ccc3c1c1ccccc1n3C)c1ccccc1n2C. The Balaban J connectivity index is 1.88. The molecule has 0 saturated carbocycles. The van der Waals surface area contributed by atoms with Gasteiger partial charge in [0.15, 0.2) is 0 Å². The maximum atomic E-state index is 6.52. The Bertz CT molecular complexity index is 1640. The fourth-order valence-electron chi connectivity index (χ4n) is 5.66. The van der Waals surface area contributed by atoms with Crippen LogP contribution in [0.4, 0.5) is 0 Å². The van der Waals surface area contributed by atoms with Crippen molar-refractivity contribution >= 4 is 43.6 Å². The maximum absolute atomic E-state index is 6.52. The molecule has 182 valence electrons. The molecule has 0 radical (unpaired) electrons. The van der Waals surface area contributed by atoms with Crippen molar-refractivity contribution < 1.29 is 9.47 Å². The average Bonchev–Trinajstić information content (AvgIpc) is 3.31. The van der Waals surface area contributed by atoms with Gasteiger partial charge in [-0.15, -0.1) is 0 Å². The van der Waals surface area contributed by atoms with Crippen LogP contribution in [-0.2, 0) is 14.1 Å². The molecule has 0 aliphatic heterocycles. The summed E-state index contributed by atoms with van der Waals surface area (Å²) in [6.07, 6.45) is 0.0785. The minimum Gasteiger partial charge on any atom is -0.490 e. The number of rotatable bonds is 5. The first-order valence-corrected chi connectivity index (χ1v) is 12.7. The number of benzene rings is 4. The van der Waals surface area contributed by atoms with Crippen LogP contribution >= 0.6 is 0 Å². The van der Waals surface area contributed by atoms with Gasteiger partial charge in [0, 0.05) is 68.8 Å². The van der Waals surface area contributed by atoms with Crippen molar-refractivity contribution in [2.75, 3.05) is 0 Å². The van der Waals surface area contributed by atoms with Crippen molar-refractivity contribution in [2.24, 2.45) is 14.1 Å². The second-order valence-electron chi connectivity index (χ2n) is 10.2. The smallest absolute Gasteiger partial charge is 0.128 e. The monoisotopic (exact) mass is 476 g/mol. The summed E-state index contributed by atoms with van der Waals surface area (Å²) < 4.78 is 17.6. The molecule has 0 unspecified atom stereocenters. The highest BCUT2D eigenvalue weighted by Gasteiger charge is 2.25. The molecule has 6 aromatic rings. The maximum Gasteiger partial charge on any atom is 0.128 e. The van der Waals surface area contributed by atoms with Crippen LogP contribution < -0.4 is 9.47 Å². The second kappa shape index (κ2) is 8.34. The number of hydrogen-bond donors (Lipinski definition) is 0. The normalized spacial score (nSPS) is 12.1. The van der Waals surface area contributed by atoms with E-state index < -0.39 is 0 Å². The molecule has 4 nitrogen and oxygen atoms in total. The number of nitrogens with zero attached hydrogens (tertiary/aromatic N) is 2. The van der Waals surface area contributed by atoms with Crippen molar-refractivity contribution in [3.63, 3.8) is 0 Å². The summed E-state index contributed by atoms with van der Waals surface area (Å²) in [5.74, 6) is 1.76. The van der Waals surface area contributed by atoms with Crippen LogP contribution in [0.1, 0.15) is 27.7 Å². The van der Waals surface area contributed by atoms with E-state index in [2.05, 4.69) is 124 Å². The van der Waals surface area contributed by atoms with Crippen LogP contribution in [0.5, 0.6) is 11.5 Å². The van der Waals surface area contributed by atoms with E-state index in [1.807, 2.05) is 0 Å². The Morgan fingerprint density at radius 2 is 0.889 bits per heavy atom. The molecular formula is C32H32N2O2. The van der Waals surface area contributed by atoms with Gasteiger partial charge in [0.25, 0.3) is 0 Å². The Morgan fingerprint density at radius 1 is 0.500 bits per heavy atom. The fourth-order valence-corrected chi connectivity index (χ4v) is 5.66. The molecule has 2 heterocycles. The van der Waals surface area contributed by atoms with Crippen molar-refractivity contribution in [1.29, 1.82) is 0 Å². The van der Waals surface area contributed by atoms with Crippen molar-refractivity contribution in [1.82, 2.24) is 9.13 Å². The topological polar surface area (TPSA) is 28.3 Å². The van der Waals surface area contributed by atoms with Crippen LogP contribution in [-0.4, -0.2) is 21.3 Å². The zero-order chi connectivity index (χ0) is 25.1. The van der Waals surface area contributed by atoms with E-state index in [0.717, 1.165) is 22.6 Å². The van der Waals surface area contributed by atoms with Crippen molar-refractivity contribution in [2.45, 2.75) is 39.9 Å². The minimum atomic E-state index is 0.0392. The van der Waals surface area contributed by atoms with Crippen molar-refractivity contribution in [3.05, 3.63) is 72.8 Å². The first-order chi connectivity index (χ1) is 17.4. The molecule has 0 spiro atoms. The van der Waals surface area contributed by atoms with Gasteiger partial charge in [-0.05, 0) is 64.1 Å². The van der Waals surface area contributed by atoms with Gasteiger partial charge in [-0.3, -0.25) is 0 Å². The van der Waals surface area contributed by atoms with E-state index in [0.29, 0.717) is 0 Å². The average molecular weight is 477 g/mol. The molecule has 0 atom stereocenters. The van der Waals surface area contributed by atoms with E-state index in [4.69, 9.17) is 9.47 Å². The summed E-state index contributed by atoms with van der Waals surface area (Å²) in [5, 5.41) is 4.82. The lowest BCUT2D eigenvalue weighted by atomic mass is 9.93. The largest absolute Gasteiger partial charge is 0.490 e. The molecular weight excluding hydrogens is 444 g/mol. The summed E-state index contributed by atoms with van der Waals surface area (Å²) in [6, 6.07) is 25.9. The Kier molecular flexibility index (Phi) is 5.22. The van der Waals surface area contributed by atoms with Gasteiger partial charge in [-0.25, -0.2) is 0 Å². The lowest BCUT2D eigenvalue weighted by Gasteiger charge is -2.21. The molecule has 4 aromatic carbocycles. The lowest BCUT2D eigenvalue weighted by Crippen LogP contribution is -2.09. The number of aromatic nitrogens is 2. The Labute approximate surface area is 211 Å². The molecule has 0 amide bonds. The molecule has 0 fully saturated rings. The third kappa shape index (κ3) is 3.28. The van der Waals surface area contributed by atoms with Gasteiger partial charge in [0.1, 0.15) is 11.5 Å². The molecule has 36 heavy (non-hydrogen) atoms. The van der Waals surface area contributed by atoms with Gasteiger partial charge in [-0.1, -0.05) is 36.4 Å². The summed E-state index contributed by atoms with van der Waals surface area (Å²) >= 11 is 0. The first-order valence-electron chi connectivity index (χ1n) is 12.7. The highest BCUT2D eigenvalue weighted by Crippen LogP contribution is 2.50. The zero-order valence-corrected chi connectivity index (χ0v) is 21.8. The summed E-state index contributed by atoms with van der Waals surface area (Å²) in [7, 11) is 4.28. The molecule has 2 aromatic heterocycles. The Hall–Kier alpha value is -3.92. The third-order valence-electron chi connectivity index (χ3n) is 7.06. The first kappa shape index (κ1) is 22.5.